The van der Waals surface area contributed by atoms with Gasteiger partial charge in [-0.2, -0.15) is 0 Å². The number of rotatable bonds is 4. The lowest BCUT2D eigenvalue weighted by Gasteiger charge is -2.39. The molecule has 3 nitrogen and oxygen atoms in total. The lowest BCUT2D eigenvalue weighted by atomic mass is 9.88. The summed E-state index contributed by atoms with van der Waals surface area (Å²) in [6, 6.07) is 5.75. The van der Waals surface area contributed by atoms with E-state index in [-0.39, 0.29) is 11.9 Å². The molecule has 1 heterocycles. The first kappa shape index (κ1) is 16.7. The van der Waals surface area contributed by atoms with Crippen molar-refractivity contribution in [2.45, 2.75) is 37.1 Å². The van der Waals surface area contributed by atoms with E-state index in [0.717, 1.165) is 30.7 Å². The summed E-state index contributed by atoms with van der Waals surface area (Å²) >= 11 is 7.84. The molecule has 0 spiro atoms. The smallest absolute Gasteiger partial charge is 0.255 e. The van der Waals surface area contributed by atoms with Gasteiger partial charge in [0.2, 0.25) is 0 Å². The number of benzene rings is 1. The average molecular weight is 327 g/mol. The molecule has 0 aliphatic carbocycles. The summed E-state index contributed by atoms with van der Waals surface area (Å²) in [5, 5.41) is 0.520. The van der Waals surface area contributed by atoms with Crippen LogP contribution in [0.2, 0.25) is 5.02 Å². The molecule has 1 fully saturated rings. The summed E-state index contributed by atoms with van der Waals surface area (Å²) in [6.07, 6.45) is 5.20. The number of nitrogens with two attached hydrogens (primary N) is 1. The molecule has 0 saturated carbocycles. The van der Waals surface area contributed by atoms with E-state index in [1.165, 1.54) is 0 Å². The van der Waals surface area contributed by atoms with E-state index in [4.69, 9.17) is 17.3 Å². The van der Waals surface area contributed by atoms with Crippen LogP contribution < -0.4 is 5.73 Å². The van der Waals surface area contributed by atoms with Crippen molar-refractivity contribution >= 4 is 29.3 Å². The average Bonchev–Trinajstić information content (AvgIpc) is 2.54. The van der Waals surface area contributed by atoms with Crippen molar-refractivity contribution in [3.63, 3.8) is 0 Å². The van der Waals surface area contributed by atoms with Crippen molar-refractivity contribution in [1.29, 1.82) is 0 Å². The molecule has 2 N–H and O–H groups in total. The third-order valence-electron chi connectivity index (χ3n) is 4.34. The summed E-state index contributed by atoms with van der Waals surface area (Å²) in [6.45, 7) is 3.50. The lowest BCUT2D eigenvalue weighted by Crippen LogP contribution is -2.49. The number of thioether (sulfide) groups is 1. The van der Waals surface area contributed by atoms with E-state index >= 15 is 0 Å². The third-order valence-corrected chi connectivity index (χ3v) is 5.39. The molecule has 2 unspecified atom stereocenters. The Balaban J connectivity index is 2.22. The zero-order valence-corrected chi connectivity index (χ0v) is 14.2. The minimum atomic E-state index is 0.0147. The third kappa shape index (κ3) is 3.74. The Bertz CT molecular complexity index is 509. The molecular weight excluding hydrogens is 304 g/mol. The molecule has 1 aromatic carbocycles. The first-order valence-electron chi connectivity index (χ1n) is 7.45. The van der Waals surface area contributed by atoms with Crippen molar-refractivity contribution in [2.24, 2.45) is 11.7 Å². The monoisotopic (exact) mass is 326 g/mol. The molecule has 0 aromatic heterocycles. The Kier molecular flexibility index (Phi) is 5.97. The summed E-state index contributed by atoms with van der Waals surface area (Å²) < 4.78 is 0. The van der Waals surface area contributed by atoms with E-state index in [0.29, 0.717) is 23.0 Å². The molecule has 1 aliphatic rings. The normalized spacial score (nSPS) is 22.4. The Labute approximate surface area is 136 Å². The number of carbonyl (C=O) groups is 1. The molecule has 116 valence electrons. The number of carbonyl (C=O) groups excluding carboxylic acids is 1. The number of likely N-dealkylation sites (tertiary alicyclic amines) is 1. The standard InChI is InChI=1S/C16H23ClN2OS/c1-3-11-6-7-19(12(8-11)10-18)16(20)14-9-13(21-2)4-5-15(14)17/h4-5,9,11-12H,3,6-8,10,18H2,1-2H3. The molecule has 5 heteroatoms. The first-order valence-corrected chi connectivity index (χ1v) is 9.05. The van der Waals surface area contributed by atoms with Crippen LogP contribution in [-0.2, 0) is 0 Å². The minimum absolute atomic E-state index is 0.0147. The number of nitrogens with zero attached hydrogens (tertiary/aromatic N) is 1. The van der Waals surface area contributed by atoms with Crippen LogP contribution in [0.3, 0.4) is 0 Å². The molecule has 1 aliphatic heterocycles. The van der Waals surface area contributed by atoms with Crippen LogP contribution in [0.25, 0.3) is 0 Å². The summed E-state index contributed by atoms with van der Waals surface area (Å²) in [4.78, 5) is 15.8. The van der Waals surface area contributed by atoms with Crippen molar-refractivity contribution in [3.8, 4) is 0 Å². The van der Waals surface area contributed by atoms with E-state index in [2.05, 4.69) is 6.92 Å². The molecule has 0 radical (unpaired) electrons. The second kappa shape index (κ2) is 7.52. The van der Waals surface area contributed by atoms with Crippen LogP contribution in [0, 0.1) is 5.92 Å². The molecule has 1 amide bonds. The van der Waals surface area contributed by atoms with Gasteiger partial charge in [-0.15, -0.1) is 11.8 Å². The highest BCUT2D eigenvalue weighted by Gasteiger charge is 2.31. The van der Waals surface area contributed by atoms with Crippen LogP contribution in [0.1, 0.15) is 36.5 Å². The predicted molar refractivity (Wildman–Crippen MR) is 90.1 cm³/mol. The lowest BCUT2D eigenvalue weighted by molar-refractivity contribution is 0.0558. The van der Waals surface area contributed by atoms with Crippen LogP contribution in [0.4, 0.5) is 0 Å². The van der Waals surface area contributed by atoms with Gasteiger partial charge >= 0.3 is 0 Å². The number of amides is 1. The largest absolute Gasteiger partial charge is 0.334 e. The fraction of sp³-hybridized carbons (Fsp3) is 0.562. The quantitative estimate of drug-likeness (QED) is 0.859. The zero-order chi connectivity index (χ0) is 15.4. The Hall–Kier alpha value is -0.710. The fourth-order valence-electron chi connectivity index (χ4n) is 2.95. The maximum atomic E-state index is 12.8. The summed E-state index contributed by atoms with van der Waals surface area (Å²) in [5.74, 6) is 0.691. The van der Waals surface area contributed by atoms with E-state index in [9.17, 15) is 4.79 Å². The van der Waals surface area contributed by atoms with E-state index in [1.54, 1.807) is 17.8 Å². The topological polar surface area (TPSA) is 46.3 Å². The van der Waals surface area contributed by atoms with Gasteiger partial charge in [-0.05, 0) is 43.2 Å². The second-order valence-corrected chi connectivity index (χ2v) is 6.82. The van der Waals surface area contributed by atoms with Crippen LogP contribution in [0.5, 0.6) is 0 Å². The molecule has 21 heavy (non-hydrogen) atoms. The van der Waals surface area contributed by atoms with Crippen molar-refractivity contribution in [2.75, 3.05) is 19.3 Å². The highest BCUT2D eigenvalue weighted by Crippen LogP contribution is 2.29. The zero-order valence-electron chi connectivity index (χ0n) is 12.6. The molecule has 0 bridgehead atoms. The predicted octanol–water partition coefficient (Wildman–Crippen LogP) is 3.65. The molecule has 1 saturated heterocycles. The highest BCUT2D eigenvalue weighted by atomic mass is 35.5. The minimum Gasteiger partial charge on any atom is -0.334 e. The molecule has 2 atom stereocenters. The van der Waals surface area contributed by atoms with Gasteiger partial charge in [0, 0.05) is 24.0 Å². The number of piperidine rings is 1. The fourth-order valence-corrected chi connectivity index (χ4v) is 3.58. The number of halogens is 1. The van der Waals surface area contributed by atoms with Crippen molar-refractivity contribution in [3.05, 3.63) is 28.8 Å². The second-order valence-electron chi connectivity index (χ2n) is 5.53. The van der Waals surface area contributed by atoms with E-state index in [1.807, 2.05) is 23.3 Å². The van der Waals surface area contributed by atoms with Gasteiger partial charge in [0.15, 0.2) is 0 Å². The summed E-state index contributed by atoms with van der Waals surface area (Å²) in [7, 11) is 0. The van der Waals surface area contributed by atoms with Crippen molar-refractivity contribution in [1.82, 2.24) is 4.90 Å². The van der Waals surface area contributed by atoms with Crippen LogP contribution >= 0.6 is 23.4 Å². The van der Waals surface area contributed by atoms with Gasteiger partial charge in [0.25, 0.3) is 5.91 Å². The van der Waals surface area contributed by atoms with E-state index < -0.39 is 0 Å². The van der Waals surface area contributed by atoms with Gasteiger partial charge in [0.05, 0.1) is 10.6 Å². The highest BCUT2D eigenvalue weighted by molar-refractivity contribution is 7.98. The maximum Gasteiger partial charge on any atom is 0.255 e. The Morgan fingerprint density at radius 2 is 2.29 bits per heavy atom. The van der Waals surface area contributed by atoms with Crippen molar-refractivity contribution < 1.29 is 4.79 Å². The molecule has 2 rings (SSSR count). The number of hydrogen-bond donors (Lipinski definition) is 1. The van der Waals surface area contributed by atoms with Gasteiger partial charge in [-0.1, -0.05) is 24.9 Å². The molecular formula is C16H23ClN2OS. The Morgan fingerprint density at radius 3 is 2.90 bits per heavy atom. The Morgan fingerprint density at radius 1 is 1.52 bits per heavy atom. The van der Waals surface area contributed by atoms with Crippen LogP contribution in [0.15, 0.2) is 23.1 Å². The SMILES string of the molecule is CCC1CCN(C(=O)c2cc(SC)ccc2Cl)C(CN)C1. The number of hydrogen-bond acceptors (Lipinski definition) is 3. The van der Waals surface area contributed by atoms with Gasteiger partial charge in [0.1, 0.15) is 0 Å². The van der Waals surface area contributed by atoms with Gasteiger partial charge < -0.3 is 10.6 Å². The summed E-state index contributed by atoms with van der Waals surface area (Å²) in [5.41, 5.74) is 6.48. The van der Waals surface area contributed by atoms with Gasteiger partial charge in [-0.3, -0.25) is 4.79 Å². The first-order chi connectivity index (χ1) is 10.1. The van der Waals surface area contributed by atoms with Gasteiger partial charge in [-0.25, -0.2) is 0 Å². The molecule has 1 aromatic rings. The van der Waals surface area contributed by atoms with Crippen LogP contribution in [-0.4, -0.2) is 36.2 Å². The maximum absolute atomic E-state index is 12.8.